The second kappa shape index (κ2) is 7.75. The summed E-state index contributed by atoms with van der Waals surface area (Å²) in [6, 6.07) is 3.31. The Morgan fingerprint density at radius 3 is 2.50 bits per heavy atom. The summed E-state index contributed by atoms with van der Waals surface area (Å²) < 4.78 is 11.2. The van der Waals surface area contributed by atoms with Gasteiger partial charge in [-0.3, -0.25) is 4.79 Å². The average Bonchev–Trinajstić information content (AvgIpc) is 2.38. The summed E-state index contributed by atoms with van der Waals surface area (Å²) in [4.78, 5) is 23.5. The van der Waals surface area contributed by atoms with Gasteiger partial charge in [0.2, 0.25) is 5.91 Å². The van der Waals surface area contributed by atoms with Crippen LogP contribution in [0.2, 0.25) is 0 Å². The van der Waals surface area contributed by atoms with Gasteiger partial charge < -0.3 is 14.8 Å². The standard InChI is InChI=1S/C13H15Br2NO4/c1-7(2)20-6-11(17)16-12-9(13(18)19-3)4-8(14)5-10(12)15/h4-5,7H,6H2,1-3H3,(H,16,17). The number of halogens is 2. The Morgan fingerprint density at radius 2 is 1.95 bits per heavy atom. The second-order valence-electron chi connectivity index (χ2n) is 4.21. The van der Waals surface area contributed by atoms with Gasteiger partial charge in [0.25, 0.3) is 0 Å². The maximum Gasteiger partial charge on any atom is 0.340 e. The van der Waals surface area contributed by atoms with E-state index in [-0.39, 0.29) is 24.2 Å². The second-order valence-corrected chi connectivity index (χ2v) is 5.98. The van der Waals surface area contributed by atoms with E-state index in [2.05, 4.69) is 37.2 Å². The highest BCUT2D eigenvalue weighted by atomic mass is 79.9. The quantitative estimate of drug-likeness (QED) is 0.758. The number of benzene rings is 1. The zero-order chi connectivity index (χ0) is 15.3. The van der Waals surface area contributed by atoms with Gasteiger partial charge in [-0.1, -0.05) is 15.9 Å². The molecule has 0 bridgehead atoms. The van der Waals surface area contributed by atoms with Crippen LogP contribution in [0.3, 0.4) is 0 Å². The van der Waals surface area contributed by atoms with Crippen LogP contribution in [0, 0.1) is 0 Å². The largest absolute Gasteiger partial charge is 0.465 e. The van der Waals surface area contributed by atoms with Gasteiger partial charge in [0.15, 0.2) is 0 Å². The molecule has 0 aliphatic rings. The van der Waals surface area contributed by atoms with E-state index in [4.69, 9.17) is 9.47 Å². The van der Waals surface area contributed by atoms with Crippen molar-refractivity contribution in [3.8, 4) is 0 Å². The zero-order valence-electron chi connectivity index (χ0n) is 11.3. The van der Waals surface area contributed by atoms with Crippen LogP contribution < -0.4 is 5.32 Å². The molecule has 0 aromatic heterocycles. The number of hydrogen-bond donors (Lipinski definition) is 1. The summed E-state index contributed by atoms with van der Waals surface area (Å²) in [7, 11) is 1.28. The maximum absolute atomic E-state index is 11.8. The van der Waals surface area contributed by atoms with Gasteiger partial charge in [0.05, 0.1) is 24.5 Å². The fraction of sp³-hybridized carbons (Fsp3) is 0.385. The van der Waals surface area contributed by atoms with Crippen molar-refractivity contribution in [3.05, 3.63) is 26.6 Å². The van der Waals surface area contributed by atoms with Crippen LogP contribution in [0.5, 0.6) is 0 Å². The lowest BCUT2D eigenvalue weighted by Crippen LogP contribution is -2.22. The number of esters is 1. The normalized spacial score (nSPS) is 10.5. The number of nitrogens with one attached hydrogen (secondary N) is 1. The van der Waals surface area contributed by atoms with Crippen LogP contribution in [0.15, 0.2) is 21.1 Å². The van der Waals surface area contributed by atoms with E-state index in [1.54, 1.807) is 12.1 Å². The van der Waals surface area contributed by atoms with Crippen molar-refractivity contribution in [2.45, 2.75) is 20.0 Å². The van der Waals surface area contributed by atoms with Gasteiger partial charge in [0.1, 0.15) is 6.61 Å². The van der Waals surface area contributed by atoms with Crippen LogP contribution in [0.25, 0.3) is 0 Å². The molecule has 1 aromatic rings. The lowest BCUT2D eigenvalue weighted by molar-refractivity contribution is -0.121. The number of amides is 1. The molecule has 1 N–H and O–H groups in total. The predicted octanol–water partition coefficient (Wildman–Crippen LogP) is 3.36. The lowest BCUT2D eigenvalue weighted by Gasteiger charge is -2.13. The summed E-state index contributed by atoms with van der Waals surface area (Å²) in [6.07, 6.45) is -0.0471. The minimum Gasteiger partial charge on any atom is -0.465 e. The van der Waals surface area contributed by atoms with Crippen LogP contribution in [0.4, 0.5) is 5.69 Å². The molecule has 0 aliphatic carbocycles. The van der Waals surface area contributed by atoms with Gasteiger partial charge in [-0.05, 0) is 41.9 Å². The van der Waals surface area contributed by atoms with Crippen molar-refractivity contribution in [1.29, 1.82) is 0 Å². The Labute approximate surface area is 134 Å². The van der Waals surface area contributed by atoms with Crippen LogP contribution in [-0.4, -0.2) is 31.7 Å². The third-order valence-electron chi connectivity index (χ3n) is 2.27. The first-order valence-electron chi connectivity index (χ1n) is 5.84. The summed E-state index contributed by atoms with van der Waals surface area (Å²) in [5, 5.41) is 2.64. The minimum absolute atomic E-state index is 0.0471. The number of rotatable bonds is 5. The number of carbonyl (C=O) groups is 2. The number of ether oxygens (including phenoxy) is 2. The highest BCUT2D eigenvalue weighted by molar-refractivity contribution is 9.11. The molecule has 1 amide bonds. The smallest absolute Gasteiger partial charge is 0.340 e. The molecule has 0 saturated carbocycles. The van der Waals surface area contributed by atoms with Crippen LogP contribution >= 0.6 is 31.9 Å². The molecule has 0 radical (unpaired) electrons. The molecule has 0 aliphatic heterocycles. The first kappa shape index (κ1) is 17.1. The summed E-state index contributed by atoms with van der Waals surface area (Å²) >= 11 is 6.60. The third kappa shape index (κ3) is 4.88. The molecule has 0 unspecified atom stereocenters. The Kier molecular flexibility index (Phi) is 6.64. The minimum atomic E-state index is -0.535. The monoisotopic (exact) mass is 407 g/mol. The highest BCUT2D eigenvalue weighted by Crippen LogP contribution is 2.31. The molecular weight excluding hydrogens is 394 g/mol. The number of hydrogen-bond acceptors (Lipinski definition) is 4. The van der Waals surface area contributed by atoms with Crippen molar-refractivity contribution in [2.75, 3.05) is 19.0 Å². The van der Waals surface area contributed by atoms with E-state index >= 15 is 0 Å². The SMILES string of the molecule is COC(=O)c1cc(Br)cc(Br)c1NC(=O)COC(C)C. The Balaban J connectivity index is 2.98. The molecule has 110 valence electrons. The van der Waals surface area contributed by atoms with E-state index in [1.165, 1.54) is 7.11 Å². The summed E-state index contributed by atoms with van der Waals surface area (Å²) in [5.41, 5.74) is 0.615. The molecule has 1 rings (SSSR count). The third-order valence-corrected chi connectivity index (χ3v) is 3.36. The molecule has 0 atom stereocenters. The van der Waals surface area contributed by atoms with Crippen molar-refractivity contribution in [1.82, 2.24) is 0 Å². The van der Waals surface area contributed by atoms with Crippen molar-refractivity contribution < 1.29 is 19.1 Å². The fourth-order valence-corrected chi connectivity index (χ4v) is 2.71. The Morgan fingerprint density at radius 1 is 1.30 bits per heavy atom. The van der Waals surface area contributed by atoms with Crippen LogP contribution in [0.1, 0.15) is 24.2 Å². The maximum atomic E-state index is 11.8. The van der Waals surface area contributed by atoms with E-state index in [9.17, 15) is 9.59 Å². The number of anilines is 1. The van der Waals surface area contributed by atoms with E-state index in [0.29, 0.717) is 14.6 Å². The number of carbonyl (C=O) groups excluding carboxylic acids is 2. The van der Waals surface area contributed by atoms with E-state index in [1.807, 2.05) is 13.8 Å². The van der Waals surface area contributed by atoms with Gasteiger partial charge >= 0.3 is 5.97 Å². The summed E-state index contributed by atoms with van der Waals surface area (Å²) in [5.74, 6) is -0.876. The van der Waals surface area contributed by atoms with E-state index in [0.717, 1.165) is 0 Å². The Hall–Kier alpha value is -0.920. The average molecular weight is 409 g/mol. The van der Waals surface area contributed by atoms with Crippen molar-refractivity contribution in [3.63, 3.8) is 0 Å². The number of methoxy groups -OCH3 is 1. The molecule has 0 fully saturated rings. The fourth-order valence-electron chi connectivity index (χ4n) is 1.39. The topological polar surface area (TPSA) is 64.6 Å². The molecule has 1 aromatic carbocycles. The van der Waals surface area contributed by atoms with Gasteiger partial charge in [-0.2, -0.15) is 0 Å². The molecule has 0 saturated heterocycles. The van der Waals surface area contributed by atoms with Gasteiger partial charge in [0, 0.05) is 8.95 Å². The molecule has 20 heavy (non-hydrogen) atoms. The molecule has 0 spiro atoms. The van der Waals surface area contributed by atoms with E-state index < -0.39 is 5.97 Å². The molecular formula is C13H15Br2NO4. The lowest BCUT2D eigenvalue weighted by atomic mass is 10.2. The predicted molar refractivity (Wildman–Crippen MR) is 82.9 cm³/mol. The molecule has 0 heterocycles. The van der Waals surface area contributed by atoms with Crippen molar-refractivity contribution >= 4 is 49.4 Å². The highest BCUT2D eigenvalue weighted by Gasteiger charge is 2.18. The first-order chi connectivity index (χ1) is 9.35. The summed E-state index contributed by atoms with van der Waals surface area (Å²) in [6.45, 7) is 3.59. The van der Waals surface area contributed by atoms with Crippen LogP contribution in [-0.2, 0) is 14.3 Å². The van der Waals surface area contributed by atoms with Crippen molar-refractivity contribution in [2.24, 2.45) is 0 Å². The molecule has 7 heteroatoms. The molecule has 5 nitrogen and oxygen atoms in total. The van der Waals surface area contributed by atoms with Gasteiger partial charge in [-0.25, -0.2) is 4.79 Å². The zero-order valence-corrected chi connectivity index (χ0v) is 14.5. The van der Waals surface area contributed by atoms with Gasteiger partial charge in [-0.15, -0.1) is 0 Å². The first-order valence-corrected chi connectivity index (χ1v) is 7.42. The Bertz CT molecular complexity index is 517.